The minimum Gasteiger partial charge on any atom is -0.456 e. The van der Waals surface area contributed by atoms with Crippen molar-refractivity contribution in [2.75, 3.05) is 6.26 Å². The first-order chi connectivity index (χ1) is 18.9. The maximum atomic E-state index is 13.1. The summed E-state index contributed by atoms with van der Waals surface area (Å²) in [5.41, 5.74) is -4.29. The van der Waals surface area contributed by atoms with E-state index in [1.807, 2.05) is 4.98 Å². The summed E-state index contributed by atoms with van der Waals surface area (Å²) >= 11 is 0. The zero-order valence-electron chi connectivity index (χ0n) is 21.1. The summed E-state index contributed by atoms with van der Waals surface area (Å²) in [5, 5.41) is 10.3. The number of nitrogens with zero attached hydrogens (tertiary/aromatic N) is 2. The van der Waals surface area contributed by atoms with Gasteiger partial charge in [-0.25, -0.2) is 14.4 Å². The van der Waals surface area contributed by atoms with Crippen LogP contribution in [0, 0.1) is 11.3 Å². The molecule has 1 aromatic heterocycles. The second-order valence-corrected chi connectivity index (χ2v) is 10.4. The number of esters is 2. The fourth-order valence-electron chi connectivity index (χ4n) is 4.20. The molecule has 1 aliphatic rings. The van der Waals surface area contributed by atoms with Crippen molar-refractivity contribution in [2.24, 2.45) is 0 Å². The van der Waals surface area contributed by atoms with E-state index in [1.165, 1.54) is 31.2 Å². The van der Waals surface area contributed by atoms with Crippen molar-refractivity contribution in [3.63, 3.8) is 0 Å². The van der Waals surface area contributed by atoms with Gasteiger partial charge in [0.1, 0.15) is 18.3 Å². The number of nitriles is 1. The highest BCUT2D eigenvalue weighted by Gasteiger charge is 2.63. The molecule has 13 nitrogen and oxygen atoms in total. The van der Waals surface area contributed by atoms with Crippen LogP contribution >= 0.6 is 0 Å². The van der Waals surface area contributed by atoms with Crippen LogP contribution in [0.1, 0.15) is 27.6 Å². The quantitative estimate of drug-likeness (QED) is 0.301. The van der Waals surface area contributed by atoms with Gasteiger partial charge in [0.25, 0.3) is 21.4 Å². The van der Waals surface area contributed by atoms with Gasteiger partial charge in [-0.3, -0.25) is 18.5 Å². The van der Waals surface area contributed by atoms with Crippen molar-refractivity contribution in [2.45, 2.75) is 37.1 Å². The highest BCUT2D eigenvalue weighted by Crippen LogP contribution is 2.41. The molecule has 0 spiro atoms. The van der Waals surface area contributed by atoms with Crippen LogP contribution in [0.15, 0.2) is 82.5 Å². The molecule has 1 fully saturated rings. The Hall–Kier alpha value is -4.58. The molecule has 0 bridgehead atoms. The average Bonchev–Trinajstić information content (AvgIpc) is 3.22. The number of hydrogen-bond acceptors (Lipinski definition) is 11. The Kier molecular flexibility index (Phi) is 8.01. The van der Waals surface area contributed by atoms with Crippen molar-refractivity contribution in [1.82, 2.24) is 9.55 Å². The van der Waals surface area contributed by atoms with Gasteiger partial charge in [0.15, 0.2) is 12.2 Å². The van der Waals surface area contributed by atoms with Crippen LogP contribution in [0.2, 0.25) is 0 Å². The third kappa shape index (κ3) is 5.86. The van der Waals surface area contributed by atoms with Crippen LogP contribution in [0.3, 0.4) is 0 Å². The van der Waals surface area contributed by atoms with Gasteiger partial charge in [-0.1, -0.05) is 36.4 Å². The Bertz CT molecular complexity index is 1660. The van der Waals surface area contributed by atoms with Crippen LogP contribution in [0.5, 0.6) is 0 Å². The standard InChI is InChI=1S/C26H23N3O10S/c1-16(36-23(31)17-9-5-3-6-10-17)20-21(37-24(32)18-11-7-4-8-12-18)22(39-40(2,34)35)26(15-27,38-20)29-14-13-19(30)28-25(29)33/h3-14,16,20-22H,1-2H3,(H,28,30,33)/t16-,20-,21-,22-,26-/m1/s1. The Morgan fingerprint density at radius 3 is 2.12 bits per heavy atom. The lowest BCUT2D eigenvalue weighted by atomic mass is 10.0. The molecule has 0 radical (unpaired) electrons. The molecular weight excluding hydrogens is 546 g/mol. The zero-order chi connectivity index (χ0) is 29.1. The van der Waals surface area contributed by atoms with E-state index in [1.54, 1.807) is 42.5 Å². The van der Waals surface area contributed by atoms with Crippen molar-refractivity contribution in [1.29, 1.82) is 5.26 Å². The summed E-state index contributed by atoms with van der Waals surface area (Å²) in [6.45, 7) is 1.37. The second-order valence-electron chi connectivity index (χ2n) is 8.80. The number of carbonyl (C=O) groups excluding carboxylic acids is 2. The number of hydrogen-bond donors (Lipinski definition) is 1. The molecule has 2 aromatic carbocycles. The van der Waals surface area contributed by atoms with Gasteiger partial charge < -0.3 is 14.2 Å². The molecule has 0 amide bonds. The number of aromatic amines is 1. The first-order valence-electron chi connectivity index (χ1n) is 11.8. The lowest BCUT2D eigenvalue weighted by molar-refractivity contribution is -0.123. The first-order valence-corrected chi connectivity index (χ1v) is 13.6. The smallest absolute Gasteiger partial charge is 0.338 e. The summed E-state index contributed by atoms with van der Waals surface area (Å²) in [4.78, 5) is 52.3. The van der Waals surface area contributed by atoms with Gasteiger partial charge in [-0.15, -0.1) is 0 Å². The summed E-state index contributed by atoms with van der Waals surface area (Å²) in [7, 11) is -4.38. The number of nitrogens with one attached hydrogen (secondary N) is 1. The average molecular weight is 570 g/mol. The van der Waals surface area contributed by atoms with Crippen LogP contribution in [0.4, 0.5) is 0 Å². The van der Waals surface area contributed by atoms with E-state index in [9.17, 15) is 32.9 Å². The van der Waals surface area contributed by atoms with Gasteiger partial charge in [0.2, 0.25) is 0 Å². The Balaban J connectivity index is 1.83. The van der Waals surface area contributed by atoms with Gasteiger partial charge in [0.05, 0.1) is 17.4 Å². The lowest BCUT2D eigenvalue weighted by Crippen LogP contribution is -2.53. The highest BCUT2D eigenvalue weighted by molar-refractivity contribution is 7.86. The molecule has 0 saturated carbocycles. The topological polar surface area (TPSA) is 184 Å². The van der Waals surface area contributed by atoms with Crippen LogP contribution in [-0.4, -0.2) is 60.6 Å². The highest BCUT2D eigenvalue weighted by atomic mass is 32.2. The normalized spacial score (nSPS) is 23.1. The molecule has 14 heteroatoms. The van der Waals surface area contributed by atoms with E-state index >= 15 is 0 Å². The fraction of sp³-hybridized carbons (Fsp3) is 0.269. The van der Waals surface area contributed by atoms with E-state index in [2.05, 4.69) is 0 Å². The van der Waals surface area contributed by atoms with E-state index in [0.29, 0.717) is 10.8 Å². The van der Waals surface area contributed by atoms with E-state index in [4.69, 9.17) is 18.4 Å². The predicted molar refractivity (Wildman–Crippen MR) is 136 cm³/mol. The molecule has 2 heterocycles. The monoisotopic (exact) mass is 569 g/mol. The molecule has 4 rings (SSSR count). The summed E-state index contributed by atoms with van der Waals surface area (Å²) < 4.78 is 47.6. The summed E-state index contributed by atoms with van der Waals surface area (Å²) in [6, 6.07) is 18.2. The molecule has 0 aliphatic carbocycles. The molecule has 1 N–H and O–H groups in total. The van der Waals surface area contributed by atoms with Gasteiger partial charge in [-0.2, -0.15) is 13.7 Å². The number of benzene rings is 2. The molecule has 1 aliphatic heterocycles. The van der Waals surface area contributed by atoms with E-state index in [-0.39, 0.29) is 11.1 Å². The first kappa shape index (κ1) is 28.4. The Labute approximate surface area is 227 Å². The minimum absolute atomic E-state index is 0.0731. The van der Waals surface area contributed by atoms with Crippen molar-refractivity contribution >= 4 is 22.1 Å². The van der Waals surface area contributed by atoms with E-state index < -0.39 is 63.4 Å². The van der Waals surface area contributed by atoms with Gasteiger partial charge in [0, 0.05) is 12.3 Å². The second kappa shape index (κ2) is 11.3. The predicted octanol–water partition coefficient (Wildman–Crippen LogP) is 0.928. The van der Waals surface area contributed by atoms with Crippen LogP contribution in [-0.2, 0) is 34.2 Å². The third-order valence-electron chi connectivity index (χ3n) is 5.96. The molecule has 0 unspecified atom stereocenters. The number of H-pyrrole nitrogens is 1. The van der Waals surface area contributed by atoms with Crippen molar-refractivity contribution < 1.29 is 36.4 Å². The maximum Gasteiger partial charge on any atom is 0.338 e. The van der Waals surface area contributed by atoms with Crippen molar-refractivity contribution in [3.05, 3.63) is 105 Å². The largest absolute Gasteiger partial charge is 0.456 e. The van der Waals surface area contributed by atoms with Crippen LogP contribution < -0.4 is 11.2 Å². The Morgan fingerprint density at radius 2 is 1.60 bits per heavy atom. The number of rotatable bonds is 8. The summed E-state index contributed by atoms with van der Waals surface area (Å²) in [5.74, 6) is -1.73. The van der Waals surface area contributed by atoms with Crippen molar-refractivity contribution in [3.8, 4) is 6.07 Å². The molecule has 1 saturated heterocycles. The number of ether oxygens (including phenoxy) is 3. The van der Waals surface area contributed by atoms with Crippen LogP contribution in [0.25, 0.3) is 0 Å². The molecule has 3 aromatic rings. The molecule has 5 atom stereocenters. The minimum atomic E-state index is -4.38. The van der Waals surface area contributed by atoms with E-state index in [0.717, 1.165) is 12.3 Å². The lowest BCUT2D eigenvalue weighted by Gasteiger charge is -2.29. The van der Waals surface area contributed by atoms with Gasteiger partial charge in [-0.05, 0) is 31.2 Å². The third-order valence-corrected chi connectivity index (χ3v) is 6.52. The number of aromatic nitrogens is 2. The Morgan fingerprint density at radius 1 is 1.02 bits per heavy atom. The molecule has 208 valence electrons. The maximum absolute atomic E-state index is 13.1. The molecule has 40 heavy (non-hydrogen) atoms. The zero-order valence-corrected chi connectivity index (χ0v) is 21.9. The molecular formula is C26H23N3O10S. The number of carbonyl (C=O) groups is 2. The SMILES string of the molecule is C[C@@H](OC(=O)c1ccccc1)[C@H]1O[C@@](C#N)(n2ccc(=O)[nH]c2=O)[C@H](OS(C)(=O)=O)[C@@H]1OC(=O)c1ccccc1. The summed E-state index contributed by atoms with van der Waals surface area (Å²) in [6.07, 6.45) is -4.90. The fourth-order valence-corrected chi connectivity index (χ4v) is 4.81. The van der Waals surface area contributed by atoms with Gasteiger partial charge >= 0.3 is 17.6 Å².